The first-order valence-electron chi connectivity index (χ1n) is 14.2. The molecule has 1 aromatic heterocycles. The molecule has 0 fully saturated rings. The van der Waals surface area contributed by atoms with E-state index >= 15 is 0 Å². The summed E-state index contributed by atoms with van der Waals surface area (Å²) in [6.07, 6.45) is 19.1. The molecule has 2 heterocycles. The predicted molar refractivity (Wildman–Crippen MR) is 143 cm³/mol. The highest BCUT2D eigenvalue weighted by atomic mass is 16.5. The molecule has 2 aromatic rings. The van der Waals surface area contributed by atoms with E-state index in [1.165, 1.54) is 77.0 Å². The van der Waals surface area contributed by atoms with Crippen molar-refractivity contribution in [1.82, 2.24) is 4.57 Å². The van der Waals surface area contributed by atoms with Gasteiger partial charge in [-0.3, -0.25) is 9.59 Å². The zero-order valence-electron chi connectivity index (χ0n) is 21.8. The Morgan fingerprint density at radius 2 is 1.34 bits per heavy atom. The summed E-state index contributed by atoms with van der Waals surface area (Å²) >= 11 is 0. The summed E-state index contributed by atoms with van der Waals surface area (Å²) in [6, 6.07) is 13.1. The lowest BCUT2D eigenvalue weighted by Gasteiger charge is -2.10. The van der Waals surface area contributed by atoms with Crippen LogP contribution in [-0.2, 0) is 16.1 Å². The van der Waals surface area contributed by atoms with E-state index in [9.17, 15) is 9.59 Å². The fraction of sp³-hybridized carbons (Fsp3) is 0.613. The molecule has 4 nitrogen and oxygen atoms in total. The average Bonchev–Trinajstić information content (AvgIpc) is 3.49. The first-order valence-corrected chi connectivity index (χ1v) is 14.2. The molecular weight excluding hydrogens is 434 g/mol. The number of rotatable bonds is 18. The van der Waals surface area contributed by atoms with E-state index < -0.39 is 0 Å². The van der Waals surface area contributed by atoms with Gasteiger partial charge in [0.2, 0.25) is 5.78 Å². The van der Waals surface area contributed by atoms with Gasteiger partial charge in [-0.2, -0.15) is 0 Å². The van der Waals surface area contributed by atoms with Crippen molar-refractivity contribution >= 4 is 11.8 Å². The number of hydrogen-bond donors (Lipinski definition) is 0. The minimum absolute atomic E-state index is 0.00766. The standard InChI is InChI=1S/C31H45NO3/c1-2-3-4-5-6-7-8-9-10-11-12-13-14-18-25-35-31(34)27-23-24-32-28(27)21-22-29(32)30(33)26-19-16-15-17-20-26/h15-17,19-22,27H,2-14,18,23-25H2,1H3. The van der Waals surface area contributed by atoms with E-state index in [2.05, 4.69) is 6.92 Å². The zero-order valence-corrected chi connectivity index (χ0v) is 21.8. The third kappa shape index (κ3) is 8.66. The average molecular weight is 480 g/mol. The lowest BCUT2D eigenvalue weighted by atomic mass is 10.0. The maximum atomic E-state index is 12.8. The summed E-state index contributed by atoms with van der Waals surface area (Å²) in [5, 5.41) is 0. The smallest absolute Gasteiger partial charge is 0.315 e. The van der Waals surface area contributed by atoms with Crippen LogP contribution in [0.15, 0.2) is 42.5 Å². The van der Waals surface area contributed by atoms with E-state index in [0.717, 1.165) is 18.5 Å². The van der Waals surface area contributed by atoms with E-state index in [-0.39, 0.29) is 17.7 Å². The Labute approximate surface area is 212 Å². The van der Waals surface area contributed by atoms with Crippen molar-refractivity contribution in [2.45, 2.75) is 116 Å². The predicted octanol–water partition coefficient (Wildman–Crippen LogP) is 8.23. The van der Waals surface area contributed by atoms with Gasteiger partial charge in [-0.15, -0.1) is 0 Å². The Bertz CT molecular complexity index is 886. The van der Waals surface area contributed by atoms with Crippen LogP contribution in [0.3, 0.4) is 0 Å². The highest BCUT2D eigenvalue weighted by Crippen LogP contribution is 2.32. The molecular formula is C31H45NO3. The van der Waals surface area contributed by atoms with E-state index in [1.54, 1.807) is 0 Å². The second-order valence-corrected chi connectivity index (χ2v) is 10.1. The fourth-order valence-electron chi connectivity index (χ4n) is 5.19. The number of unbranched alkanes of at least 4 members (excludes halogenated alkanes) is 13. The topological polar surface area (TPSA) is 48.3 Å². The highest BCUT2D eigenvalue weighted by Gasteiger charge is 2.32. The van der Waals surface area contributed by atoms with Crippen molar-refractivity contribution in [3.8, 4) is 0 Å². The molecule has 0 N–H and O–H groups in total. The Hall–Kier alpha value is -2.36. The summed E-state index contributed by atoms with van der Waals surface area (Å²) in [7, 11) is 0. The zero-order chi connectivity index (χ0) is 24.7. The second-order valence-electron chi connectivity index (χ2n) is 10.1. The van der Waals surface area contributed by atoms with Crippen LogP contribution in [-0.4, -0.2) is 22.9 Å². The van der Waals surface area contributed by atoms with Crippen molar-refractivity contribution < 1.29 is 14.3 Å². The first-order chi connectivity index (χ1) is 17.2. The van der Waals surface area contributed by atoms with Crippen LogP contribution in [0.1, 0.15) is 131 Å². The summed E-state index contributed by atoms with van der Waals surface area (Å²) < 4.78 is 7.60. The van der Waals surface area contributed by atoms with Crippen LogP contribution >= 0.6 is 0 Å². The highest BCUT2D eigenvalue weighted by molar-refractivity contribution is 6.08. The quantitative estimate of drug-likeness (QED) is 0.123. The van der Waals surface area contributed by atoms with Crippen LogP contribution < -0.4 is 0 Å². The Balaban J connectivity index is 1.23. The van der Waals surface area contributed by atoms with Gasteiger partial charge < -0.3 is 9.30 Å². The lowest BCUT2D eigenvalue weighted by Crippen LogP contribution is -2.14. The van der Waals surface area contributed by atoms with Gasteiger partial charge in [0.1, 0.15) is 0 Å². The van der Waals surface area contributed by atoms with Crippen LogP contribution in [0, 0.1) is 0 Å². The SMILES string of the molecule is CCCCCCCCCCCCCCCCOC(=O)C1CCn2c(C(=O)c3ccccc3)ccc21. The molecule has 0 spiro atoms. The number of ether oxygens (including phenoxy) is 1. The van der Waals surface area contributed by atoms with Gasteiger partial charge in [-0.25, -0.2) is 0 Å². The number of ketones is 1. The van der Waals surface area contributed by atoms with Crippen LogP contribution in [0.4, 0.5) is 0 Å². The second kappa shape index (κ2) is 15.6. The maximum absolute atomic E-state index is 12.8. The summed E-state index contributed by atoms with van der Waals surface area (Å²) in [5.41, 5.74) is 2.25. The first kappa shape index (κ1) is 27.2. The maximum Gasteiger partial charge on any atom is 0.315 e. The number of hydrogen-bond acceptors (Lipinski definition) is 3. The van der Waals surface area contributed by atoms with Gasteiger partial charge in [-0.1, -0.05) is 121 Å². The molecule has 1 aliphatic rings. The molecule has 192 valence electrons. The number of carbonyl (C=O) groups is 2. The van der Waals surface area contributed by atoms with E-state index in [0.29, 0.717) is 30.8 Å². The van der Waals surface area contributed by atoms with E-state index in [1.807, 2.05) is 47.0 Å². The number of esters is 1. The molecule has 0 saturated carbocycles. The largest absolute Gasteiger partial charge is 0.465 e. The molecule has 0 radical (unpaired) electrons. The van der Waals surface area contributed by atoms with Gasteiger partial charge in [0.25, 0.3) is 0 Å². The minimum atomic E-state index is -0.251. The van der Waals surface area contributed by atoms with Gasteiger partial charge in [0, 0.05) is 17.8 Å². The van der Waals surface area contributed by atoms with Crippen molar-refractivity contribution in [3.05, 3.63) is 59.4 Å². The molecule has 0 bridgehead atoms. The normalized spacial score (nSPS) is 14.7. The molecule has 1 aliphatic heterocycles. The summed E-state index contributed by atoms with van der Waals surface area (Å²) in [5.74, 6) is -0.387. The van der Waals surface area contributed by atoms with Crippen molar-refractivity contribution in [3.63, 3.8) is 0 Å². The number of aromatic nitrogens is 1. The van der Waals surface area contributed by atoms with Crippen LogP contribution in [0.2, 0.25) is 0 Å². The molecule has 0 aliphatic carbocycles. The number of nitrogens with zero attached hydrogens (tertiary/aromatic N) is 1. The molecule has 3 rings (SSSR count). The van der Waals surface area contributed by atoms with Crippen LogP contribution in [0.25, 0.3) is 0 Å². The summed E-state index contributed by atoms with van der Waals surface area (Å²) in [6.45, 7) is 3.47. The van der Waals surface area contributed by atoms with Crippen molar-refractivity contribution in [1.29, 1.82) is 0 Å². The molecule has 0 amide bonds. The third-order valence-electron chi connectivity index (χ3n) is 7.31. The van der Waals surface area contributed by atoms with Crippen LogP contribution in [0.5, 0.6) is 0 Å². The van der Waals surface area contributed by atoms with Crippen molar-refractivity contribution in [2.24, 2.45) is 0 Å². The molecule has 1 atom stereocenters. The molecule has 4 heteroatoms. The Morgan fingerprint density at radius 3 is 1.94 bits per heavy atom. The summed E-state index contributed by atoms with van der Waals surface area (Å²) in [4.78, 5) is 25.5. The van der Waals surface area contributed by atoms with Gasteiger partial charge >= 0.3 is 5.97 Å². The third-order valence-corrected chi connectivity index (χ3v) is 7.31. The monoisotopic (exact) mass is 479 g/mol. The number of fused-ring (bicyclic) bond motifs is 1. The Kier molecular flexibility index (Phi) is 12.1. The van der Waals surface area contributed by atoms with Crippen molar-refractivity contribution in [2.75, 3.05) is 6.61 Å². The lowest BCUT2D eigenvalue weighted by molar-refractivity contribution is -0.145. The number of carbonyl (C=O) groups excluding carboxylic acids is 2. The fourth-order valence-corrected chi connectivity index (χ4v) is 5.19. The Morgan fingerprint density at radius 1 is 0.771 bits per heavy atom. The van der Waals surface area contributed by atoms with E-state index in [4.69, 9.17) is 4.74 Å². The molecule has 1 aromatic carbocycles. The minimum Gasteiger partial charge on any atom is -0.465 e. The molecule has 35 heavy (non-hydrogen) atoms. The molecule has 0 saturated heterocycles. The van der Waals surface area contributed by atoms with Gasteiger partial charge in [-0.05, 0) is 25.0 Å². The van der Waals surface area contributed by atoms with Gasteiger partial charge in [0.05, 0.1) is 18.2 Å². The van der Waals surface area contributed by atoms with Gasteiger partial charge in [0.15, 0.2) is 0 Å². The molecule has 1 unspecified atom stereocenters. The number of benzene rings is 1.